The molecule has 1 aromatic carbocycles. The fourth-order valence-electron chi connectivity index (χ4n) is 2.39. The first kappa shape index (κ1) is 20.4. The maximum absolute atomic E-state index is 13.3. The van der Waals surface area contributed by atoms with Crippen molar-refractivity contribution in [3.05, 3.63) is 35.1 Å². The third kappa shape index (κ3) is 4.98. The molecule has 2 nitrogen and oxygen atoms in total. The highest BCUT2D eigenvalue weighted by Gasteiger charge is 2.44. The Balaban J connectivity index is 0.00000200. The molecule has 0 radical (unpaired) electrons. The van der Waals surface area contributed by atoms with E-state index >= 15 is 0 Å². The average Bonchev–Trinajstić information content (AvgIpc) is 2.34. The van der Waals surface area contributed by atoms with Crippen molar-refractivity contribution in [2.24, 2.45) is 0 Å². The van der Waals surface area contributed by atoms with Gasteiger partial charge in [-0.15, -0.1) is 24.8 Å². The average molecular weight is 349 g/mol. The van der Waals surface area contributed by atoms with Crippen molar-refractivity contribution >= 4 is 24.8 Å². The third-order valence-corrected chi connectivity index (χ3v) is 3.32. The molecule has 1 heterocycles. The lowest BCUT2D eigenvalue weighted by Gasteiger charge is -2.36. The largest absolute Gasteiger partial charge is 0.408 e. The van der Waals surface area contributed by atoms with Gasteiger partial charge in [0.15, 0.2) is 0 Å². The van der Waals surface area contributed by atoms with Crippen molar-refractivity contribution in [1.29, 1.82) is 0 Å². The lowest BCUT2D eigenvalue weighted by Crippen LogP contribution is -2.49. The van der Waals surface area contributed by atoms with Crippen LogP contribution in [0.15, 0.2) is 18.2 Å². The number of rotatable bonds is 2. The fraction of sp³-hybridized carbons (Fsp3) is 0.538. The second-order valence-corrected chi connectivity index (χ2v) is 4.74. The van der Waals surface area contributed by atoms with Gasteiger partial charge in [-0.2, -0.15) is 13.2 Å². The number of halogens is 6. The summed E-state index contributed by atoms with van der Waals surface area (Å²) >= 11 is 0. The van der Waals surface area contributed by atoms with Gasteiger partial charge in [-0.3, -0.25) is 4.90 Å². The quantitative estimate of drug-likeness (QED) is 0.823. The minimum Gasteiger partial charge on any atom is -0.314 e. The molecule has 1 atom stereocenters. The van der Waals surface area contributed by atoms with Crippen LogP contribution >= 0.6 is 24.8 Å². The second-order valence-electron chi connectivity index (χ2n) is 4.74. The summed E-state index contributed by atoms with van der Waals surface area (Å²) in [7, 11) is 0. The molecule has 0 bridgehead atoms. The maximum Gasteiger partial charge on any atom is 0.408 e. The van der Waals surface area contributed by atoms with E-state index in [4.69, 9.17) is 0 Å². The van der Waals surface area contributed by atoms with Crippen molar-refractivity contribution in [3.8, 4) is 0 Å². The van der Waals surface area contributed by atoms with Crippen LogP contribution in [0.4, 0.5) is 17.6 Å². The molecule has 0 saturated carbocycles. The van der Waals surface area contributed by atoms with E-state index in [0.717, 1.165) is 6.07 Å². The van der Waals surface area contributed by atoms with E-state index in [1.165, 1.54) is 24.0 Å². The number of benzene rings is 1. The minimum atomic E-state index is -4.36. The summed E-state index contributed by atoms with van der Waals surface area (Å²) in [6, 6.07) is 1.96. The Morgan fingerprint density at radius 2 is 1.71 bits per heavy atom. The van der Waals surface area contributed by atoms with Crippen LogP contribution in [0.3, 0.4) is 0 Å². The van der Waals surface area contributed by atoms with Crippen LogP contribution in [0.1, 0.15) is 17.2 Å². The summed E-state index contributed by atoms with van der Waals surface area (Å²) in [5, 5.41) is 3.02. The first-order chi connectivity index (χ1) is 8.89. The Labute approximate surface area is 133 Å². The molecule has 0 amide bonds. The summed E-state index contributed by atoms with van der Waals surface area (Å²) < 4.78 is 53.0. The molecule has 1 fully saturated rings. The third-order valence-electron chi connectivity index (χ3n) is 3.32. The summed E-state index contributed by atoms with van der Waals surface area (Å²) in [6.45, 7) is 3.21. The number of piperazine rings is 1. The predicted octanol–water partition coefficient (Wildman–Crippen LogP) is 3.49. The summed E-state index contributed by atoms with van der Waals surface area (Å²) in [6.07, 6.45) is -4.36. The molecule has 8 heteroatoms. The van der Waals surface area contributed by atoms with Gasteiger partial charge in [0.05, 0.1) is 0 Å². The van der Waals surface area contributed by atoms with Crippen molar-refractivity contribution in [2.45, 2.75) is 19.1 Å². The van der Waals surface area contributed by atoms with Gasteiger partial charge in [-0.1, -0.05) is 12.1 Å². The lowest BCUT2D eigenvalue weighted by atomic mass is 10.0. The molecular formula is C13H18Cl2F4N2. The van der Waals surface area contributed by atoms with E-state index in [0.29, 0.717) is 26.2 Å². The molecule has 1 saturated heterocycles. The van der Waals surface area contributed by atoms with Crippen molar-refractivity contribution < 1.29 is 17.6 Å². The van der Waals surface area contributed by atoms with Gasteiger partial charge in [0.2, 0.25) is 0 Å². The highest BCUT2D eigenvalue weighted by molar-refractivity contribution is 5.85. The Kier molecular flexibility index (Phi) is 7.95. The van der Waals surface area contributed by atoms with Gasteiger partial charge in [0.1, 0.15) is 11.9 Å². The summed E-state index contributed by atoms with van der Waals surface area (Å²) in [4.78, 5) is 1.39. The molecule has 2 rings (SSSR count). The molecule has 122 valence electrons. The van der Waals surface area contributed by atoms with E-state index in [9.17, 15) is 17.6 Å². The fourth-order valence-corrected chi connectivity index (χ4v) is 2.39. The molecule has 21 heavy (non-hydrogen) atoms. The monoisotopic (exact) mass is 348 g/mol. The van der Waals surface area contributed by atoms with Gasteiger partial charge in [0.25, 0.3) is 0 Å². The molecule has 1 aliphatic heterocycles. The Morgan fingerprint density at radius 3 is 2.19 bits per heavy atom. The molecule has 0 aliphatic carbocycles. The van der Waals surface area contributed by atoms with Crippen molar-refractivity contribution in [1.82, 2.24) is 10.2 Å². The Morgan fingerprint density at radius 1 is 1.14 bits per heavy atom. The van der Waals surface area contributed by atoms with Crippen LogP contribution in [0.5, 0.6) is 0 Å². The molecule has 0 unspecified atom stereocenters. The Hall–Kier alpha value is -0.560. The van der Waals surface area contributed by atoms with Crippen LogP contribution in [0.25, 0.3) is 0 Å². The zero-order valence-electron chi connectivity index (χ0n) is 11.4. The van der Waals surface area contributed by atoms with Crippen LogP contribution in [-0.4, -0.2) is 37.3 Å². The summed E-state index contributed by atoms with van der Waals surface area (Å²) in [5.74, 6) is -0.481. The topological polar surface area (TPSA) is 15.3 Å². The number of hydrogen-bond acceptors (Lipinski definition) is 2. The maximum atomic E-state index is 13.3. The SMILES string of the molecule is Cc1cc([C@@H](N2CCNCC2)C(F)(F)F)ccc1F.Cl.Cl. The van der Waals surface area contributed by atoms with Gasteiger partial charge in [0, 0.05) is 26.2 Å². The van der Waals surface area contributed by atoms with Crippen LogP contribution < -0.4 is 5.32 Å². The number of aryl methyl sites for hydroxylation is 1. The number of alkyl halides is 3. The number of nitrogens with zero attached hydrogens (tertiary/aromatic N) is 1. The second kappa shape index (κ2) is 8.17. The molecule has 0 aromatic heterocycles. The smallest absolute Gasteiger partial charge is 0.314 e. The van der Waals surface area contributed by atoms with Crippen molar-refractivity contribution in [2.75, 3.05) is 26.2 Å². The van der Waals surface area contributed by atoms with Crippen LogP contribution in [0, 0.1) is 12.7 Å². The molecule has 0 spiro atoms. The minimum absolute atomic E-state index is 0. The van der Waals surface area contributed by atoms with Gasteiger partial charge < -0.3 is 5.32 Å². The first-order valence-corrected chi connectivity index (χ1v) is 6.17. The normalized spacial score (nSPS) is 17.6. The predicted molar refractivity (Wildman–Crippen MR) is 78.9 cm³/mol. The summed E-state index contributed by atoms with van der Waals surface area (Å²) in [5.41, 5.74) is 0.343. The molecular weight excluding hydrogens is 331 g/mol. The van der Waals surface area contributed by atoms with E-state index in [1.807, 2.05) is 0 Å². The van der Waals surface area contributed by atoms with Crippen molar-refractivity contribution in [3.63, 3.8) is 0 Å². The zero-order valence-corrected chi connectivity index (χ0v) is 13.0. The van der Waals surface area contributed by atoms with Crippen LogP contribution in [0.2, 0.25) is 0 Å². The number of nitrogens with one attached hydrogen (secondary N) is 1. The molecule has 1 aliphatic rings. The van der Waals surface area contributed by atoms with Gasteiger partial charge >= 0.3 is 6.18 Å². The standard InChI is InChI=1S/C13H16F4N2.2ClH/c1-9-8-10(2-3-11(9)14)12(13(15,16)17)19-6-4-18-5-7-19;;/h2-3,8,12,18H,4-7H2,1H3;2*1H/t12-;;/m1../s1. The number of hydrogen-bond donors (Lipinski definition) is 1. The molecule has 1 aromatic rings. The van der Waals surface area contributed by atoms with E-state index < -0.39 is 18.0 Å². The Bertz CT molecular complexity index is 448. The van der Waals surface area contributed by atoms with Gasteiger partial charge in [-0.05, 0) is 24.1 Å². The first-order valence-electron chi connectivity index (χ1n) is 6.17. The highest BCUT2D eigenvalue weighted by atomic mass is 35.5. The molecule has 1 N–H and O–H groups in total. The highest BCUT2D eigenvalue weighted by Crippen LogP contribution is 2.38. The lowest BCUT2D eigenvalue weighted by molar-refractivity contribution is -0.187. The van der Waals surface area contributed by atoms with Crippen LogP contribution in [-0.2, 0) is 0 Å². The van der Waals surface area contributed by atoms with Gasteiger partial charge in [-0.25, -0.2) is 4.39 Å². The van der Waals surface area contributed by atoms with E-state index in [1.54, 1.807) is 0 Å². The zero-order chi connectivity index (χ0) is 14.0. The van der Waals surface area contributed by atoms with E-state index in [-0.39, 0.29) is 35.9 Å². The van der Waals surface area contributed by atoms with E-state index in [2.05, 4.69) is 5.32 Å².